The number of nitrogens with two attached hydrogens (primary N) is 1. The SMILES string of the molecule is Cc1cc(OCC2(CN)CCCC2)ccc1Cl. The zero-order valence-corrected chi connectivity index (χ0v) is 11.1. The van der Waals surface area contributed by atoms with Crippen molar-refractivity contribution in [1.29, 1.82) is 0 Å². The second kappa shape index (κ2) is 5.28. The molecule has 1 aromatic rings. The van der Waals surface area contributed by atoms with E-state index in [-0.39, 0.29) is 5.41 Å². The smallest absolute Gasteiger partial charge is 0.119 e. The summed E-state index contributed by atoms with van der Waals surface area (Å²) in [5.74, 6) is 0.895. The zero-order chi connectivity index (χ0) is 12.3. The van der Waals surface area contributed by atoms with Crippen LogP contribution >= 0.6 is 11.6 Å². The predicted octanol–water partition coefficient (Wildman–Crippen LogP) is 3.55. The van der Waals surface area contributed by atoms with E-state index in [2.05, 4.69) is 0 Å². The van der Waals surface area contributed by atoms with Gasteiger partial charge in [0.15, 0.2) is 0 Å². The van der Waals surface area contributed by atoms with Crippen LogP contribution < -0.4 is 10.5 Å². The molecule has 0 spiro atoms. The highest BCUT2D eigenvalue weighted by Crippen LogP contribution is 2.37. The van der Waals surface area contributed by atoms with E-state index >= 15 is 0 Å². The lowest BCUT2D eigenvalue weighted by molar-refractivity contribution is 0.157. The van der Waals surface area contributed by atoms with Gasteiger partial charge in [-0.3, -0.25) is 0 Å². The highest BCUT2D eigenvalue weighted by atomic mass is 35.5. The van der Waals surface area contributed by atoms with Crippen LogP contribution in [0.15, 0.2) is 18.2 Å². The van der Waals surface area contributed by atoms with Crippen LogP contribution in [0.5, 0.6) is 5.75 Å². The second-order valence-electron chi connectivity index (χ2n) is 5.11. The molecule has 0 unspecified atom stereocenters. The maximum absolute atomic E-state index is 5.99. The molecule has 0 amide bonds. The van der Waals surface area contributed by atoms with E-state index in [4.69, 9.17) is 22.1 Å². The number of benzene rings is 1. The van der Waals surface area contributed by atoms with E-state index in [1.807, 2.05) is 25.1 Å². The highest BCUT2D eigenvalue weighted by molar-refractivity contribution is 6.31. The standard InChI is InChI=1S/C14H20ClNO/c1-11-8-12(4-5-13(11)15)17-10-14(9-16)6-2-3-7-14/h4-5,8H,2-3,6-7,9-10,16H2,1H3. The van der Waals surface area contributed by atoms with Gasteiger partial charge in [0.25, 0.3) is 0 Å². The Morgan fingerprint density at radius 1 is 1.35 bits per heavy atom. The summed E-state index contributed by atoms with van der Waals surface area (Å²) in [4.78, 5) is 0. The molecule has 2 N–H and O–H groups in total. The molecule has 1 aliphatic carbocycles. The van der Waals surface area contributed by atoms with Gasteiger partial charge < -0.3 is 10.5 Å². The average molecular weight is 254 g/mol. The highest BCUT2D eigenvalue weighted by Gasteiger charge is 2.33. The first-order valence-corrected chi connectivity index (χ1v) is 6.62. The Hall–Kier alpha value is -0.730. The summed E-state index contributed by atoms with van der Waals surface area (Å²) < 4.78 is 5.88. The number of halogens is 1. The summed E-state index contributed by atoms with van der Waals surface area (Å²) in [6.07, 6.45) is 4.94. The minimum Gasteiger partial charge on any atom is -0.493 e. The third kappa shape index (κ3) is 2.93. The lowest BCUT2D eigenvalue weighted by Crippen LogP contribution is -2.33. The van der Waals surface area contributed by atoms with Gasteiger partial charge in [0.2, 0.25) is 0 Å². The van der Waals surface area contributed by atoms with E-state index in [1.54, 1.807) is 0 Å². The molecule has 94 valence electrons. The number of rotatable bonds is 4. The molecule has 1 aromatic carbocycles. The topological polar surface area (TPSA) is 35.2 Å². The minimum absolute atomic E-state index is 0.202. The maximum atomic E-state index is 5.99. The van der Waals surface area contributed by atoms with Gasteiger partial charge in [0.1, 0.15) is 5.75 Å². The Kier molecular flexibility index (Phi) is 3.95. The summed E-state index contributed by atoms with van der Waals surface area (Å²) in [6, 6.07) is 5.80. The van der Waals surface area contributed by atoms with Crippen molar-refractivity contribution in [2.75, 3.05) is 13.2 Å². The molecule has 0 bridgehead atoms. The van der Waals surface area contributed by atoms with E-state index in [9.17, 15) is 0 Å². The molecule has 0 aromatic heterocycles. The number of hydrogen-bond acceptors (Lipinski definition) is 2. The van der Waals surface area contributed by atoms with E-state index in [0.29, 0.717) is 0 Å². The summed E-state index contributed by atoms with van der Waals surface area (Å²) in [7, 11) is 0. The largest absolute Gasteiger partial charge is 0.493 e. The third-order valence-electron chi connectivity index (χ3n) is 3.77. The first-order chi connectivity index (χ1) is 8.15. The zero-order valence-electron chi connectivity index (χ0n) is 10.3. The van der Waals surface area contributed by atoms with Crippen LogP contribution in [-0.4, -0.2) is 13.2 Å². The van der Waals surface area contributed by atoms with Crippen LogP contribution in [0.2, 0.25) is 5.02 Å². The molecule has 17 heavy (non-hydrogen) atoms. The Morgan fingerprint density at radius 2 is 2.06 bits per heavy atom. The summed E-state index contributed by atoms with van der Waals surface area (Å²) in [6.45, 7) is 3.44. The molecule has 0 saturated heterocycles. The van der Waals surface area contributed by atoms with Gasteiger partial charge in [0.05, 0.1) is 6.61 Å². The van der Waals surface area contributed by atoms with E-state index < -0.39 is 0 Å². The summed E-state index contributed by atoms with van der Waals surface area (Å²) in [5, 5.41) is 0.784. The Bertz CT molecular complexity index is 386. The number of ether oxygens (including phenoxy) is 1. The molecule has 1 aliphatic rings. The molecule has 0 radical (unpaired) electrons. The van der Waals surface area contributed by atoms with Crippen LogP contribution in [-0.2, 0) is 0 Å². The molecule has 1 fully saturated rings. The first-order valence-electron chi connectivity index (χ1n) is 6.24. The van der Waals surface area contributed by atoms with Crippen LogP contribution in [0.4, 0.5) is 0 Å². The third-order valence-corrected chi connectivity index (χ3v) is 4.20. The van der Waals surface area contributed by atoms with Crippen LogP contribution in [0.1, 0.15) is 31.2 Å². The molecule has 2 nitrogen and oxygen atoms in total. The number of hydrogen-bond donors (Lipinski definition) is 1. The quantitative estimate of drug-likeness (QED) is 0.891. The minimum atomic E-state index is 0.202. The normalized spacial score (nSPS) is 18.3. The Morgan fingerprint density at radius 3 is 2.65 bits per heavy atom. The fraction of sp³-hybridized carbons (Fsp3) is 0.571. The lowest BCUT2D eigenvalue weighted by Gasteiger charge is -2.27. The van der Waals surface area contributed by atoms with Gasteiger partial charge in [0, 0.05) is 17.0 Å². The molecule has 0 heterocycles. The number of aryl methyl sites for hydroxylation is 1. The summed E-state index contributed by atoms with van der Waals surface area (Å²) >= 11 is 5.99. The van der Waals surface area contributed by atoms with Crippen molar-refractivity contribution in [2.24, 2.45) is 11.1 Å². The maximum Gasteiger partial charge on any atom is 0.119 e. The first kappa shape index (κ1) is 12.7. The van der Waals surface area contributed by atoms with Gasteiger partial charge in [-0.15, -0.1) is 0 Å². The average Bonchev–Trinajstić information content (AvgIpc) is 2.80. The summed E-state index contributed by atoms with van der Waals surface area (Å²) in [5.41, 5.74) is 7.14. The fourth-order valence-corrected chi connectivity index (χ4v) is 2.59. The van der Waals surface area contributed by atoms with Crippen molar-refractivity contribution in [3.8, 4) is 5.75 Å². The van der Waals surface area contributed by atoms with Gasteiger partial charge >= 0.3 is 0 Å². The fourth-order valence-electron chi connectivity index (χ4n) is 2.48. The van der Waals surface area contributed by atoms with Crippen LogP contribution in [0.25, 0.3) is 0 Å². The second-order valence-corrected chi connectivity index (χ2v) is 5.52. The van der Waals surface area contributed by atoms with Crippen molar-refractivity contribution in [2.45, 2.75) is 32.6 Å². The molecule has 1 saturated carbocycles. The van der Waals surface area contributed by atoms with Crippen molar-refractivity contribution < 1.29 is 4.74 Å². The van der Waals surface area contributed by atoms with Gasteiger partial charge in [-0.1, -0.05) is 24.4 Å². The lowest BCUT2D eigenvalue weighted by atomic mass is 9.87. The molecule has 0 aliphatic heterocycles. The van der Waals surface area contributed by atoms with Gasteiger partial charge in [-0.05, 0) is 43.5 Å². The molecular formula is C14H20ClNO. The predicted molar refractivity (Wildman–Crippen MR) is 71.6 cm³/mol. The molecule has 3 heteroatoms. The Balaban J connectivity index is 1.99. The molecule has 0 atom stereocenters. The van der Waals surface area contributed by atoms with Gasteiger partial charge in [-0.2, -0.15) is 0 Å². The van der Waals surface area contributed by atoms with Crippen molar-refractivity contribution >= 4 is 11.6 Å². The Labute approximate surface area is 108 Å². The van der Waals surface area contributed by atoms with Crippen LogP contribution in [0.3, 0.4) is 0 Å². The van der Waals surface area contributed by atoms with Crippen molar-refractivity contribution in [1.82, 2.24) is 0 Å². The van der Waals surface area contributed by atoms with Crippen LogP contribution in [0, 0.1) is 12.3 Å². The molecular weight excluding hydrogens is 234 g/mol. The van der Waals surface area contributed by atoms with Crippen molar-refractivity contribution in [3.63, 3.8) is 0 Å². The van der Waals surface area contributed by atoms with E-state index in [0.717, 1.165) is 29.5 Å². The van der Waals surface area contributed by atoms with Gasteiger partial charge in [-0.25, -0.2) is 0 Å². The van der Waals surface area contributed by atoms with Crippen molar-refractivity contribution in [3.05, 3.63) is 28.8 Å². The van der Waals surface area contributed by atoms with E-state index in [1.165, 1.54) is 25.7 Å². The monoisotopic (exact) mass is 253 g/mol. The molecule has 2 rings (SSSR count).